The van der Waals surface area contributed by atoms with Crippen LogP contribution in [0.25, 0.3) is 0 Å². The molecule has 0 saturated carbocycles. The van der Waals surface area contributed by atoms with Crippen LogP contribution in [-0.2, 0) is 24.3 Å². The van der Waals surface area contributed by atoms with Gasteiger partial charge in [0.05, 0.1) is 6.61 Å². The van der Waals surface area contributed by atoms with Crippen molar-refractivity contribution in [3.63, 3.8) is 0 Å². The second-order valence-corrected chi connectivity index (χ2v) is 7.54. The predicted molar refractivity (Wildman–Crippen MR) is 82.5 cm³/mol. The van der Waals surface area contributed by atoms with Crippen molar-refractivity contribution in [2.24, 2.45) is 0 Å². The SMILES string of the molecule is CCOC(=O)c1cc(S(=O)(=O)NCC(=O)OC(C)(C)C)c(C)[nH]1. The Kier molecular flexibility index (Phi) is 5.95. The Morgan fingerprint density at radius 1 is 1.30 bits per heavy atom. The first kappa shape index (κ1) is 19.2. The molecular formula is C14H22N2O6S. The molecule has 0 saturated heterocycles. The van der Waals surface area contributed by atoms with E-state index in [1.54, 1.807) is 27.7 Å². The Balaban J connectivity index is 2.85. The minimum atomic E-state index is -3.96. The van der Waals surface area contributed by atoms with E-state index in [1.807, 2.05) is 0 Å². The van der Waals surface area contributed by atoms with Gasteiger partial charge in [-0.3, -0.25) is 4.79 Å². The van der Waals surface area contributed by atoms with Crippen LogP contribution in [0.3, 0.4) is 0 Å². The van der Waals surface area contributed by atoms with Crippen LogP contribution in [0.2, 0.25) is 0 Å². The van der Waals surface area contributed by atoms with Crippen LogP contribution in [0.5, 0.6) is 0 Å². The highest BCUT2D eigenvalue weighted by atomic mass is 32.2. The van der Waals surface area contributed by atoms with Crippen LogP contribution in [0, 0.1) is 6.92 Å². The average molecular weight is 346 g/mol. The Bertz CT molecular complexity index is 685. The summed E-state index contributed by atoms with van der Waals surface area (Å²) in [5.41, 5.74) is -0.407. The number of aromatic nitrogens is 1. The lowest BCUT2D eigenvalue weighted by Gasteiger charge is -2.19. The van der Waals surface area contributed by atoms with E-state index in [-0.39, 0.29) is 22.9 Å². The number of hydrogen-bond donors (Lipinski definition) is 2. The van der Waals surface area contributed by atoms with Gasteiger partial charge in [-0.15, -0.1) is 0 Å². The number of hydrogen-bond acceptors (Lipinski definition) is 6. The number of rotatable bonds is 6. The summed E-state index contributed by atoms with van der Waals surface area (Å²) in [6, 6.07) is 1.17. The van der Waals surface area contributed by atoms with Gasteiger partial charge in [0.1, 0.15) is 22.7 Å². The topological polar surface area (TPSA) is 115 Å². The quantitative estimate of drug-likeness (QED) is 0.746. The van der Waals surface area contributed by atoms with Gasteiger partial charge in [0, 0.05) is 5.69 Å². The van der Waals surface area contributed by atoms with Crippen molar-refractivity contribution in [1.82, 2.24) is 9.71 Å². The van der Waals surface area contributed by atoms with E-state index in [4.69, 9.17) is 9.47 Å². The van der Waals surface area contributed by atoms with E-state index in [2.05, 4.69) is 9.71 Å². The standard InChI is InChI=1S/C14H22N2O6S/c1-6-21-13(18)10-7-11(9(2)16-10)23(19,20)15-8-12(17)22-14(3,4)5/h7,15-16H,6,8H2,1-5H3. The van der Waals surface area contributed by atoms with Gasteiger partial charge in [-0.25, -0.2) is 13.2 Å². The van der Waals surface area contributed by atoms with Crippen LogP contribution < -0.4 is 4.72 Å². The molecule has 130 valence electrons. The van der Waals surface area contributed by atoms with Gasteiger partial charge in [-0.05, 0) is 40.7 Å². The smallest absolute Gasteiger partial charge is 0.354 e. The van der Waals surface area contributed by atoms with Gasteiger partial charge >= 0.3 is 11.9 Å². The molecule has 0 bridgehead atoms. The summed E-state index contributed by atoms with van der Waals surface area (Å²) >= 11 is 0. The largest absolute Gasteiger partial charge is 0.461 e. The maximum atomic E-state index is 12.2. The fourth-order valence-electron chi connectivity index (χ4n) is 1.75. The second-order valence-electron chi connectivity index (χ2n) is 5.80. The van der Waals surface area contributed by atoms with Crippen LogP contribution in [-0.4, -0.2) is 44.1 Å². The number of H-pyrrole nitrogens is 1. The van der Waals surface area contributed by atoms with Gasteiger partial charge in [-0.1, -0.05) is 0 Å². The number of carbonyl (C=O) groups excluding carboxylic acids is 2. The molecule has 1 heterocycles. The molecule has 0 radical (unpaired) electrons. The van der Waals surface area contributed by atoms with Crippen molar-refractivity contribution in [3.8, 4) is 0 Å². The molecule has 0 spiro atoms. The summed E-state index contributed by atoms with van der Waals surface area (Å²) in [5, 5.41) is 0. The summed E-state index contributed by atoms with van der Waals surface area (Å²) in [7, 11) is -3.96. The zero-order valence-corrected chi connectivity index (χ0v) is 14.7. The van der Waals surface area contributed by atoms with Crippen molar-refractivity contribution in [1.29, 1.82) is 0 Å². The maximum Gasteiger partial charge on any atom is 0.354 e. The summed E-state index contributed by atoms with van der Waals surface area (Å²) in [5.74, 6) is -1.34. The molecule has 1 rings (SSSR count). The Hall–Kier alpha value is -1.87. The highest BCUT2D eigenvalue weighted by Gasteiger charge is 2.24. The molecule has 0 aliphatic heterocycles. The third-order valence-electron chi connectivity index (χ3n) is 2.58. The Labute approximate surface area is 135 Å². The zero-order valence-electron chi connectivity index (χ0n) is 13.8. The fraction of sp³-hybridized carbons (Fsp3) is 0.571. The first-order valence-electron chi connectivity index (χ1n) is 7.04. The molecule has 0 fully saturated rings. The average Bonchev–Trinajstić information content (AvgIpc) is 2.78. The number of sulfonamides is 1. The zero-order chi connectivity index (χ0) is 17.8. The number of nitrogens with one attached hydrogen (secondary N) is 2. The summed E-state index contributed by atoms with van der Waals surface area (Å²) in [6.45, 7) is 7.87. The molecule has 0 aliphatic carbocycles. The molecule has 1 aromatic heterocycles. The summed E-state index contributed by atoms with van der Waals surface area (Å²) in [4.78, 5) is 25.7. The first-order chi connectivity index (χ1) is 10.5. The van der Waals surface area contributed by atoms with E-state index in [0.717, 1.165) is 0 Å². The second kappa shape index (κ2) is 7.14. The van der Waals surface area contributed by atoms with Crippen LogP contribution >= 0.6 is 0 Å². The number of carbonyl (C=O) groups is 2. The molecule has 8 nitrogen and oxygen atoms in total. The molecule has 23 heavy (non-hydrogen) atoms. The number of aryl methyl sites for hydroxylation is 1. The van der Waals surface area contributed by atoms with Crippen molar-refractivity contribution < 1.29 is 27.5 Å². The van der Waals surface area contributed by atoms with Gasteiger partial charge in [0.15, 0.2) is 0 Å². The van der Waals surface area contributed by atoms with Crippen molar-refractivity contribution in [3.05, 3.63) is 17.5 Å². The van der Waals surface area contributed by atoms with Gasteiger partial charge < -0.3 is 14.5 Å². The molecule has 0 unspecified atom stereocenters. The lowest BCUT2D eigenvalue weighted by Crippen LogP contribution is -2.34. The minimum Gasteiger partial charge on any atom is -0.461 e. The normalized spacial score (nSPS) is 12.0. The number of aromatic amines is 1. The van der Waals surface area contributed by atoms with Gasteiger partial charge in [-0.2, -0.15) is 4.72 Å². The van der Waals surface area contributed by atoms with Crippen molar-refractivity contribution >= 4 is 22.0 Å². The summed E-state index contributed by atoms with van der Waals surface area (Å²) < 4.78 is 36.4. The number of esters is 2. The lowest BCUT2D eigenvalue weighted by atomic mass is 10.2. The number of ether oxygens (including phenoxy) is 2. The molecule has 0 aliphatic rings. The highest BCUT2D eigenvalue weighted by molar-refractivity contribution is 7.89. The van der Waals surface area contributed by atoms with E-state index in [1.165, 1.54) is 13.0 Å². The van der Waals surface area contributed by atoms with E-state index < -0.39 is 34.1 Å². The molecule has 0 amide bonds. The van der Waals surface area contributed by atoms with Crippen LogP contribution in [0.1, 0.15) is 43.9 Å². The van der Waals surface area contributed by atoms with E-state index in [9.17, 15) is 18.0 Å². The van der Waals surface area contributed by atoms with E-state index in [0.29, 0.717) is 0 Å². The third kappa shape index (κ3) is 5.68. The molecule has 2 N–H and O–H groups in total. The predicted octanol–water partition coefficient (Wildman–Crippen LogP) is 1.12. The first-order valence-corrected chi connectivity index (χ1v) is 8.53. The monoisotopic (exact) mass is 346 g/mol. The third-order valence-corrected chi connectivity index (χ3v) is 4.11. The van der Waals surface area contributed by atoms with E-state index >= 15 is 0 Å². The highest BCUT2D eigenvalue weighted by Crippen LogP contribution is 2.17. The minimum absolute atomic E-state index is 0.0296. The fourth-order valence-corrected chi connectivity index (χ4v) is 2.94. The Morgan fingerprint density at radius 2 is 1.91 bits per heavy atom. The van der Waals surface area contributed by atoms with Gasteiger partial charge in [0.2, 0.25) is 10.0 Å². The summed E-state index contributed by atoms with van der Waals surface area (Å²) in [6.07, 6.45) is 0. The van der Waals surface area contributed by atoms with Crippen molar-refractivity contribution in [2.45, 2.75) is 45.1 Å². The molecule has 9 heteroatoms. The lowest BCUT2D eigenvalue weighted by molar-refractivity contribution is -0.153. The molecule has 0 aromatic carbocycles. The van der Waals surface area contributed by atoms with Crippen molar-refractivity contribution in [2.75, 3.05) is 13.2 Å². The van der Waals surface area contributed by atoms with Crippen LogP contribution in [0.15, 0.2) is 11.0 Å². The van der Waals surface area contributed by atoms with Crippen LogP contribution in [0.4, 0.5) is 0 Å². The molecular weight excluding hydrogens is 324 g/mol. The Morgan fingerprint density at radius 3 is 2.43 bits per heavy atom. The maximum absolute atomic E-state index is 12.2. The molecule has 0 atom stereocenters. The molecule has 1 aromatic rings. The van der Waals surface area contributed by atoms with Gasteiger partial charge in [0.25, 0.3) is 0 Å².